The fourth-order valence-corrected chi connectivity index (χ4v) is 2.16. The maximum atomic E-state index is 10.1. The Bertz CT molecular complexity index is 553. The Labute approximate surface area is 104 Å². The van der Waals surface area contributed by atoms with E-state index in [4.69, 9.17) is 4.74 Å². The molecule has 2 heterocycles. The van der Waals surface area contributed by atoms with E-state index in [1.807, 2.05) is 12.1 Å². The first-order valence-corrected chi connectivity index (χ1v) is 5.81. The molecule has 0 fully saturated rings. The smallest absolute Gasteiger partial charge is 0.150 e. The fraction of sp³-hybridized carbons (Fsp3) is 0.214. The van der Waals surface area contributed by atoms with Gasteiger partial charge in [-0.2, -0.15) is 0 Å². The average molecular weight is 243 g/mol. The van der Waals surface area contributed by atoms with E-state index >= 15 is 0 Å². The summed E-state index contributed by atoms with van der Waals surface area (Å²) in [4.78, 5) is 4.19. The number of ether oxygens (including phenoxy) is 1. The van der Waals surface area contributed by atoms with Crippen LogP contribution in [0.25, 0.3) is 0 Å². The van der Waals surface area contributed by atoms with Gasteiger partial charge in [0.25, 0.3) is 0 Å². The van der Waals surface area contributed by atoms with Gasteiger partial charge in [0.1, 0.15) is 23.7 Å². The van der Waals surface area contributed by atoms with E-state index in [9.17, 15) is 10.2 Å². The number of phenolic OH excluding ortho intramolecular Hbond substituents is 1. The maximum absolute atomic E-state index is 10.1. The molecule has 0 amide bonds. The Balaban J connectivity index is 1.93. The molecule has 1 aromatic heterocycles. The van der Waals surface area contributed by atoms with Crippen molar-refractivity contribution in [3.05, 3.63) is 53.9 Å². The molecule has 1 aliphatic rings. The van der Waals surface area contributed by atoms with Gasteiger partial charge in [-0.15, -0.1) is 0 Å². The van der Waals surface area contributed by atoms with Gasteiger partial charge in [0, 0.05) is 12.6 Å². The number of hydrogen-bond acceptors (Lipinski definition) is 4. The van der Waals surface area contributed by atoms with Gasteiger partial charge in [-0.05, 0) is 29.8 Å². The molecule has 0 saturated carbocycles. The average Bonchev–Trinajstić information content (AvgIpc) is 2.39. The van der Waals surface area contributed by atoms with Crippen molar-refractivity contribution >= 4 is 0 Å². The first-order chi connectivity index (χ1) is 8.74. The van der Waals surface area contributed by atoms with E-state index in [-0.39, 0.29) is 5.75 Å². The van der Waals surface area contributed by atoms with Crippen LogP contribution >= 0.6 is 0 Å². The van der Waals surface area contributed by atoms with Gasteiger partial charge in [0.2, 0.25) is 0 Å². The largest absolute Gasteiger partial charge is 0.508 e. The molecule has 1 aromatic carbocycles. The Kier molecular flexibility index (Phi) is 2.64. The lowest BCUT2D eigenvalue weighted by Crippen LogP contribution is -2.30. The van der Waals surface area contributed by atoms with Crippen molar-refractivity contribution in [2.75, 3.05) is 0 Å². The number of phenols is 1. The van der Waals surface area contributed by atoms with Crippen molar-refractivity contribution < 1.29 is 14.9 Å². The standard InChI is InChI=1S/C14H13NO3/c16-10-5-3-9(4-6-10)14-12(17)8-11-13(18-14)2-1-7-15-11/h1-7,12,14,16-17H,8H2. The van der Waals surface area contributed by atoms with Crippen LogP contribution in [0.5, 0.6) is 11.5 Å². The van der Waals surface area contributed by atoms with E-state index in [2.05, 4.69) is 4.98 Å². The van der Waals surface area contributed by atoms with Crippen molar-refractivity contribution in [3.63, 3.8) is 0 Å². The second-order valence-corrected chi connectivity index (χ2v) is 4.35. The molecule has 1 aliphatic heterocycles. The van der Waals surface area contributed by atoms with Crippen LogP contribution in [0, 0.1) is 0 Å². The number of aliphatic hydroxyl groups excluding tert-OH is 1. The lowest BCUT2D eigenvalue weighted by Gasteiger charge is -2.30. The predicted molar refractivity (Wildman–Crippen MR) is 65.4 cm³/mol. The molecule has 0 bridgehead atoms. The highest BCUT2D eigenvalue weighted by Gasteiger charge is 2.30. The molecule has 92 valence electrons. The summed E-state index contributed by atoms with van der Waals surface area (Å²) in [5.41, 5.74) is 1.62. The molecule has 0 saturated heterocycles. The van der Waals surface area contributed by atoms with Crippen molar-refractivity contribution in [2.24, 2.45) is 0 Å². The third-order valence-electron chi connectivity index (χ3n) is 3.08. The quantitative estimate of drug-likeness (QED) is 0.802. The monoisotopic (exact) mass is 243 g/mol. The minimum Gasteiger partial charge on any atom is -0.508 e. The van der Waals surface area contributed by atoms with Gasteiger partial charge in [-0.1, -0.05) is 12.1 Å². The van der Waals surface area contributed by atoms with Crippen molar-refractivity contribution in [2.45, 2.75) is 18.6 Å². The Morgan fingerprint density at radius 1 is 1.17 bits per heavy atom. The lowest BCUT2D eigenvalue weighted by molar-refractivity contribution is 0.0192. The van der Waals surface area contributed by atoms with Crippen molar-refractivity contribution in [1.29, 1.82) is 0 Å². The number of rotatable bonds is 1. The molecule has 0 aliphatic carbocycles. The molecule has 0 radical (unpaired) electrons. The molecule has 3 rings (SSSR count). The first-order valence-electron chi connectivity index (χ1n) is 5.81. The summed E-state index contributed by atoms with van der Waals surface area (Å²) < 4.78 is 5.78. The molecular formula is C14H13NO3. The van der Waals surface area contributed by atoms with Gasteiger partial charge in [-0.3, -0.25) is 4.98 Å². The molecular weight excluding hydrogens is 230 g/mol. The minimum absolute atomic E-state index is 0.200. The summed E-state index contributed by atoms with van der Waals surface area (Å²) in [6, 6.07) is 10.3. The van der Waals surface area contributed by atoms with Gasteiger partial charge in [-0.25, -0.2) is 0 Å². The van der Waals surface area contributed by atoms with Crippen molar-refractivity contribution in [1.82, 2.24) is 4.98 Å². The lowest BCUT2D eigenvalue weighted by atomic mass is 9.97. The van der Waals surface area contributed by atoms with Crippen LogP contribution in [0.3, 0.4) is 0 Å². The normalized spacial score (nSPS) is 22.1. The minimum atomic E-state index is -0.628. The van der Waals surface area contributed by atoms with E-state index in [0.29, 0.717) is 12.2 Å². The molecule has 4 nitrogen and oxygen atoms in total. The zero-order chi connectivity index (χ0) is 12.5. The van der Waals surface area contributed by atoms with Gasteiger partial charge >= 0.3 is 0 Å². The Morgan fingerprint density at radius 2 is 1.94 bits per heavy atom. The molecule has 0 spiro atoms. The van der Waals surface area contributed by atoms with Crippen molar-refractivity contribution in [3.8, 4) is 11.5 Å². The summed E-state index contributed by atoms with van der Waals surface area (Å²) in [6.45, 7) is 0. The number of aromatic nitrogens is 1. The molecule has 2 unspecified atom stereocenters. The second-order valence-electron chi connectivity index (χ2n) is 4.35. The number of pyridine rings is 1. The van der Waals surface area contributed by atoms with Gasteiger partial charge in [0.05, 0.1) is 5.69 Å². The number of hydrogen-bond donors (Lipinski definition) is 2. The number of fused-ring (bicyclic) bond motifs is 1. The first kappa shape index (κ1) is 11.0. The van der Waals surface area contributed by atoms with Crippen LogP contribution in [0.4, 0.5) is 0 Å². The highest BCUT2D eigenvalue weighted by Crippen LogP contribution is 2.34. The van der Waals surface area contributed by atoms with Gasteiger partial charge in [0.15, 0.2) is 0 Å². The van der Waals surface area contributed by atoms with Crippen LogP contribution in [-0.2, 0) is 6.42 Å². The van der Waals surface area contributed by atoms with E-state index in [0.717, 1.165) is 11.3 Å². The third kappa shape index (κ3) is 1.91. The molecule has 2 atom stereocenters. The molecule has 4 heteroatoms. The SMILES string of the molecule is Oc1ccc(C2Oc3cccnc3CC2O)cc1. The summed E-state index contributed by atoms with van der Waals surface area (Å²) >= 11 is 0. The topological polar surface area (TPSA) is 62.6 Å². The number of aromatic hydroxyl groups is 1. The van der Waals surface area contributed by atoms with Crippen LogP contribution in [0.15, 0.2) is 42.6 Å². The van der Waals surface area contributed by atoms with Crippen LogP contribution < -0.4 is 4.74 Å². The molecule has 2 N–H and O–H groups in total. The highest BCUT2D eigenvalue weighted by molar-refractivity contribution is 5.34. The summed E-state index contributed by atoms with van der Waals surface area (Å²) in [5.74, 6) is 0.909. The maximum Gasteiger partial charge on any atom is 0.150 e. The van der Waals surface area contributed by atoms with Gasteiger partial charge < -0.3 is 14.9 Å². The van der Waals surface area contributed by atoms with Crippen LogP contribution in [0.2, 0.25) is 0 Å². The van der Waals surface area contributed by atoms with Crippen LogP contribution in [-0.4, -0.2) is 21.3 Å². The number of nitrogens with zero attached hydrogens (tertiary/aromatic N) is 1. The predicted octanol–water partition coefficient (Wildman–Crippen LogP) is 1.82. The highest BCUT2D eigenvalue weighted by atomic mass is 16.5. The Morgan fingerprint density at radius 3 is 2.72 bits per heavy atom. The third-order valence-corrected chi connectivity index (χ3v) is 3.08. The van der Waals surface area contributed by atoms with E-state index in [1.54, 1.807) is 30.5 Å². The zero-order valence-electron chi connectivity index (χ0n) is 9.65. The van der Waals surface area contributed by atoms with E-state index in [1.165, 1.54) is 0 Å². The summed E-state index contributed by atoms with van der Waals surface area (Å²) in [6.07, 6.45) is 1.12. The fourth-order valence-electron chi connectivity index (χ4n) is 2.16. The molecule has 2 aromatic rings. The number of benzene rings is 1. The summed E-state index contributed by atoms with van der Waals surface area (Å²) in [5, 5.41) is 19.4. The van der Waals surface area contributed by atoms with Crippen LogP contribution in [0.1, 0.15) is 17.4 Å². The second kappa shape index (κ2) is 4.31. The summed E-state index contributed by atoms with van der Waals surface area (Å²) in [7, 11) is 0. The molecule has 18 heavy (non-hydrogen) atoms. The zero-order valence-corrected chi connectivity index (χ0v) is 9.65. The van der Waals surface area contributed by atoms with E-state index < -0.39 is 12.2 Å². The Hall–Kier alpha value is -2.07. The number of aliphatic hydroxyl groups is 1.